The fourth-order valence-electron chi connectivity index (χ4n) is 1.57. The Morgan fingerprint density at radius 1 is 1.17 bits per heavy atom. The molecule has 66 valence electrons. The largest absolute Gasteiger partial charge is 0.199 e. The molecule has 2 heteroatoms. The molecule has 0 radical (unpaired) electrons. The standard InChI is InChI=1S/C10H15ClN/c1-8-6-9(2)12(5-4-11)10(3)7-8/h6-7H,4-5H2,1-3H3/q+1. The zero-order valence-electron chi connectivity index (χ0n) is 7.89. The molecule has 0 saturated carbocycles. The first-order chi connectivity index (χ1) is 5.65. The van der Waals surface area contributed by atoms with Gasteiger partial charge in [0.1, 0.15) is 0 Å². The van der Waals surface area contributed by atoms with Crippen molar-refractivity contribution >= 4 is 11.6 Å². The highest BCUT2D eigenvalue weighted by Gasteiger charge is 2.09. The van der Waals surface area contributed by atoms with Crippen molar-refractivity contribution in [2.24, 2.45) is 0 Å². The Labute approximate surface area is 79.0 Å². The number of aromatic nitrogens is 1. The van der Waals surface area contributed by atoms with Gasteiger partial charge in [0.25, 0.3) is 0 Å². The van der Waals surface area contributed by atoms with E-state index in [1.165, 1.54) is 17.0 Å². The normalized spacial score (nSPS) is 10.3. The number of aryl methyl sites for hydroxylation is 3. The van der Waals surface area contributed by atoms with Crippen molar-refractivity contribution in [1.82, 2.24) is 0 Å². The molecule has 0 aromatic carbocycles. The van der Waals surface area contributed by atoms with E-state index in [2.05, 4.69) is 37.5 Å². The lowest BCUT2D eigenvalue weighted by Crippen LogP contribution is -2.41. The summed E-state index contributed by atoms with van der Waals surface area (Å²) in [5.74, 6) is 0.676. The zero-order chi connectivity index (χ0) is 9.14. The molecule has 12 heavy (non-hydrogen) atoms. The van der Waals surface area contributed by atoms with Gasteiger partial charge in [-0.1, -0.05) is 0 Å². The van der Waals surface area contributed by atoms with Gasteiger partial charge in [0.15, 0.2) is 17.9 Å². The van der Waals surface area contributed by atoms with Crippen LogP contribution in [0.25, 0.3) is 0 Å². The van der Waals surface area contributed by atoms with Crippen LogP contribution in [-0.4, -0.2) is 5.88 Å². The third kappa shape index (κ3) is 1.98. The minimum Gasteiger partial charge on any atom is -0.199 e. The van der Waals surface area contributed by atoms with Gasteiger partial charge in [-0.15, -0.1) is 11.6 Å². The van der Waals surface area contributed by atoms with E-state index in [4.69, 9.17) is 11.6 Å². The summed E-state index contributed by atoms with van der Waals surface area (Å²) in [4.78, 5) is 0. The Morgan fingerprint density at radius 3 is 2.08 bits per heavy atom. The van der Waals surface area contributed by atoms with Crippen molar-refractivity contribution in [1.29, 1.82) is 0 Å². The Kier molecular flexibility index (Phi) is 3.10. The minimum atomic E-state index is 0.676. The first-order valence-electron chi connectivity index (χ1n) is 4.19. The number of hydrogen-bond acceptors (Lipinski definition) is 0. The van der Waals surface area contributed by atoms with E-state index in [-0.39, 0.29) is 0 Å². The van der Waals surface area contributed by atoms with Gasteiger partial charge >= 0.3 is 0 Å². The molecule has 0 N–H and O–H groups in total. The van der Waals surface area contributed by atoms with Gasteiger partial charge in [-0.3, -0.25) is 0 Å². The molecule has 1 heterocycles. The van der Waals surface area contributed by atoms with Gasteiger partial charge in [-0.25, -0.2) is 0 Å². The van der Waals surface area contributed by atoms with Gasteiger partial charge < -0.3 is 0 Å². The molecule has 0 atom stereocenters. The van der Waals surface area contributed by atoms with Crippen LogP contribution >= 0.6 is 11.6 Å². The van der Waals surface area contributed by atoms with Crippen LogP contribution in [0.2, 0.25) is 0 Å². The Hall–Kier alpha value is -0.560. The van der Waals surface area contributed by atoms with Crippen LogP contribution < -0.4 is 4.57 Å². The highest BCUT2D eigenvalue weighted by atomic mass is 35.5. The van der Waals surface area contributed by atoms with Gasteiger partial charge in [0.2, 0.25) is 0 Å². The number of halogens is 1. The van der Waals surface area contributed by atoms with Gasteiger partial charge in [-0.2, -0.15) is 4.57 Å². The maximum Gasteiger partial charge on any atom is 0.178 e. The van der Waals surface area contributed by atoms with Crippen LogP contribution in [-0.2, 0) is 6.54 Å². The van der Waals surface area contributed by atoms with E-state index in [1.807, 2.05) is 0 Å². The predicted molar refractivity (Wildman–Crippen MR) is 51.6 cm³/mol. The van der Waals surface area contributed by atoms with Gasteiger partial charge in [-0.05, 0) is 12.5 Å². The summed E-state index contributed by atoms with van der Waals surface area (Å²) in [7, 11) is 0. The molecule has 0 aliphatic carbocycles. The number of rotatable bonds is 2. The summed E-state index contributed by atoms with van der Waals surface area (Å²) < 4.78 is 2.24. The van der Waals surface area contributed by atoms with Crippen LogP contribution in [0.5, 0.6) is 0 Å². The second-order valence-corrected chi connectivity index (χ2v) is 3.53. The number of pyridine rings is 1. The Balaban J connectivity index is 3.10. The fraction of sp³-hybridized carbons (Fsp3) is 0.500. The molecule has 0 amide bonds. The van der Waals surface area contributed by atoms with Crippen molar-refractivity contribution < 1.29 is 4.57 Å². The summed E-state index contributed by atoms with van der Waals surface area (Å²) in [5.41, 5.74) is 3.89. The smallest absolute Gasteiger partial charge is 0.178 e. The first-order valence-corrected chi connectivity index (χ1v) is 4.72. The molecule has 0 fully saturated rings. The van der Waals surface area contributed by atoms with E-state index < -0.39 is 0 Å². The summed E-state index contributed by atoms with van der Waals surface area (Å²) in [6.45, 7) is 7.25. The number of alkyl halides is 1. The lowest BCUT2D eigenvalue weighted by atomic mass is 10.2. The van der Waals surface area contributed by atoms with Crippen LogP contribution in [0.15, 0.2) is 12.1 Å². The number of hydrogen-bond donors (Lipinski definition) is 0. The molecule has 0 saturated heterocycles. The predicted octanol–water partition coefficient (Wildman–Crippen LogP) is 2.14. The summed E-state index contributed by atoms with van der Waals surface area (Å²) in [6, 6.07) is 4.36. The third-order valence-corrected chi connectivity index (χ3v) is 2.20. The molecule has 1 rings (SSSR count). The SMILES string of the molecule is Cc1cc(C)[n+](CCCl)c(C)c1. The lowest BCUT2D eigenvalue weighted by molar-refractivity contribution is -0.704. The Morgan fingerprint density at radius 2 is 1.67 bits per heavy atom. The molecule has 1 aromatic heterocycles. The number of nitrogens with zero attached hydrogens (tertiary/aromatic N) is 1. The molecule has 0 spiro atoms. The van der Waals surface area contributed by atoms with E-state index in [0.717, 1.165) is 6.54 Å². The topological polar surface area (TPSA) is 3.88 Å². The van der Waals surface area contributed by atoms with Crippen LogP contribution in [0.4, 0.5) is 0 Å². The summed E-state index contributed by atoms with van der Waals surface area (Å²) >= 11 is 5.70. The van der Waals surface area contributed by atoms with E-state index >= 15 is 0 Å². The van der Waals surface area contributed by atoms with E-state index in [0.29, 0.717) is 5.88 Å². The van der Waals surface area contributed by atoms with Crippen molar-refractivity contribution in [2.45, 2.75) is 27.3 Å². The summed E-state index contributed by atoms with van der Waals surface area (Å²) in [6.07, 6.45) is 0. The highest BCUT2D eigenvalue weighted by molar-refractivity contribution is 6.17. The van der Waals surface area contributed by atoms with Gasteiger partial charge in [0, 0.05) is 26.0 Å². The van der Waals surface area contributed by atoms with E-state index in [9.17, 15) is 0 Å². The average Bonchev–Trinajstić information content (AvgIpc) is 1.96. The fourth-order valence-corrected chi connectivity index (χ4v) is 1.74. The lowest BCUT2D eigenvalue weighted by Gasteiger charge is -2.02. The van der Waals surface area contributed by atoms with Crippen molar-refractivity contribution in [2.75, 3.05) is 5.88 Å². The zero-order valence-corrected chi connectivity index (χ0v) is 8.65. The maximum atomic E-state index is 5.70. The van der Waals surface area contributed by atoms with Crippen LogP contribution in [0.1, 0.15) is 17.0 Å². The van der Waals surface area contributed by atoms with Gasteiger partial charge in [0.05, 0.1) is 5.88 Å². The second kappa shape index (κ2) is 3.90. The monoisotopic (exact) mass is 184 g/mol. The van der Waals surface area contributed by atoms with Crippen molar-refractivity contribution in [3.63, 3.8) is 0 Å². The molecular weight excluding hydrogens is 170 g/mol. The molecule has 1 nitrogen and oxygen atoms in total. The van der Waals surface area contributed by atoms with E-state index in [1.54, 1.807) is 0 Å². The van der Waals surface area contributed by atoms with Crippen LogP contribution in [0.3, 0.4) is 0 Å². The Bertz CT molecular complexity index is 258. The first kappa shape index (κ1) is 9.53. The minimum absolute atomic E-state index is 0.676. The highest BCUT2D eigenvalue weighted by Crippen LogP contribution is 2.01. The summed E-state index contributed by atoms with van der Waals surface area (Å²) in [5, 5.41) is 0. The molecular formula is C10H15ClN+. The molecule has 0 bridgehead atoms. The molecule has 1 aromatic rings. The maximum absolute atomic E-state index is 5.70. The van der Waals surface area contributed by atoms with Crippen molar-refractivity contribution in [3.8, 4) is 0 Å². The average molecular weight is 185 g/mol. The quantitative estimate of drug-likeness (QED) is 0.490. The third-order valence-electron chi connectivity index (χ3n) is 2.03. The molecule has 0 aliphatic heterocycles. The van der Waals surface area contributed by atoms with Crippen LogP contribution in [0, 0.1) is 20.8 Å². The molecule has 0 aliphatic rings. The van der Waals surface area contributed by atoms with Crippen molar-refractivity contribution in [3.05, 3.63) is 29.1 Å². The molecule has 0 unspecified atom stereocenters. The second-order valence-electron chi connectivity index (χ2n) is 3.16.